The fraction of sp³-hybridized carbons (Fsp3) is 0.400. The molecule has 2 nitrogen and oxygen atoms in total. The summed E-state index contributed by atoms with van der Waals surface area (Å²) in [5.41, 5.74) is 5.00. The van der Waals surface area contributed by atoms with Gasteiger partial charge in [-0.05, 0) is 11.6 Å². The van der Waals surface area contributed by atoms with E-state index in [4.69, 9.17) is 22.1 Å². The standard InChI is InChI=1S/C10H11ClF3NO/c1-16-5-8(15)6-3-2-4-7(9(6)11)10(12,13)14/h2-4,8H,5,15H2,1H3/t8-/m0/s1. The summed E-state index contributed by atoms with van der Waals surface area (Å²) in [6, 6.07) is 2.99. The summed E-state index contributed by atoms with van der Waals surface area (Å²) in [6.45, 7) is 0.112. The van der Waals surface area contributed by atoms with E-state index in [1.54, 1.807) is 0 Å². The molecule has 0 amide bonds. The minimum atomic E-state index is -4.47. The lowest BCUT2D eigenvalue weighted by Gasteiger charge is -2.16. The van der Waals surface area contributed by atoms with Crippen LogP contribution in [0.25, 0.3) is 0 Å². The third-order valence-corrected chi connectivity index (χ3v) is 2.50. The van der Waals surface area contributed by atoms with E-state index >= 15 is 0 Å². The van der Waals surface area contributed by atoms with E-state index in [-0.39, 0.29) is 17.2 Å². The lowest BCUT2D eigenvalue weighted by atomic mass is 10.0. The van der Waals surface area contributed by atoms with Gasteiger partial charge in [0.25, 0.3) is 0 Å². The molecule has 0 aliphatic carbocycles. The monoisotopic (exact) mass is 253 g/mol. The average Bonchev–Trinajstić information content (AvgIpc) is 2.16. The number of ether oxygens (including phenoxy) is 1. The van der Waals surface area contributed by atoms with Crippen molar-refractivity contribution in [3.63, 3.8) is 0 Å². The van der Waals surface area contributed by atoms with Gasteiger partial charge < -0.3 is 10.5 Å². The summed E-state index contributed by atoms with van der Waals surface area (Å²) in [6.07, 6.45) is -4.47. The molecule has 16 heavy (non-hydrogen) atoms. The maximum atomic E-state index is 12.5. The van der Waals surface area contributed by atoms with Crippen LogP contribution < -0.4 is 5.73 Å². The van der Waals surface area contributed by atoms with Crippen LogP contribution in [0.1, 0.15) is 17.2 Å². The normalized spacial score (nSPS) is 13.9. The fourth-order valence-electron chi connectivity index (χ4n) is 1.32. The summed E-state index contributed by atoms with van der Waals surface area (Å²) in [7, 11) is 1.42. The van der Waals surface area contributed by atoms with Crippen molar-refractivity contribution in [3.05, 3.63) is 34.3 Å². The maximum Gasteiger partial charge on any atom is 0.417 e. The topological polar surface area (TPSA) is 35.2 Å². The smallest absolute Gasteiger partial charge is 0.383 e. The Bertz CT molecular complexity index is 368. The van der Waals surface area contributed by atoms with Crippen LogP contribution in [0, 0.1) is 0 Å². The number of nitrogens with two attached hydrogens (primary N) is 1. The Morgan fingerprint density at radius 3 is 2.56 bits per heavy atom. The molecule has 1 aromatic carbocycles. The lowest BCUT2D eigenvalue weighted by Crippen LogP contribution is -2.18. The molecule has 0 heterocycles. The summed E-state index contributed by atoms with van der Waals surface area (Å²) in [4.78, 5) is 0. The molecule has 2 N–H and O–H groups in total. The minimum absolute atomic E-state index is 0.112. The molecule has 0 aliphatic rings. The van der Waals surface area contributed by atoms with Crippen molar-refractivity contribution < 1.29 is 17.9 Å². The summed E-state index contributed by atoms with van der Waals surface area (Å²) >= 11 is 5.67. The Kier molecular flexibility index (Phi) is 4.18. The van der Waals surface area contributed by atoms with Crippen molar-refractivity contribution in [3.8, 4) is 0 Å². The van der Waals surface area contributed by atoms with Gasteiger partial charge in [0.05, 0.1) is 23.2 Å². The average molecular weight is 254 g/mol. The number of rotatable bonds is 3. The highest BCUT2D eigenvalue weighted by atomic mass is 35.5. The summed E-state index contributed by atoms with van der Waals surface area (Å²) in [5, 5.41) is -0.362. The van der Waals surface area contributed by atoms with Crippen LogP contribution in [0.4, 0.5) is 13.2 Å². The first kappa shape index (κ1) is 13.3. The Balaban J connectivity index is 3.14. The van der Waals surface area contributed by atoms with Crippen LogP contribution in [0.2, 0.25) is 5.02 Å². The van der Waals surface area contributed by atoms with E-state index < -0.39 is 17.8 Å². The van der Waals surface area contributed by atoms with Gasteiger partial charge in [0, 0.05) is 7.11 Å². The molecular weight excluding hydrogens is 243 g/mol. The van der Waals surface area contributed by atoms with Gasteiger partial charge in [0.2, 0.25) is 0 Å². The summed E-state index contributed by atoms with van der Waals surface area (Å²) < 4.78 is 42.3. The molecule has 0 saturated heterocycles. The number of alkyl halides is 3. The quantitative estimate of drug-likeness (QED) is 0.899. The van der Waals surface area contributed by atoms with Crippen LogP contribution in [-0.4, -0.2) is 13.7 Å². The van der Waals surface area contributed by atoms with E-state index in [9.17, 15) is 13.2 Å². The van der Waals surface area contributed by atoms with Gasteiger partial charge in [0.15, 0.2) is 0 Å². The first-order valence-electron chi connectivity index (χ1n) is 4.48. The SMILES string of the molecule is COC[C@H](N)c1cccc(C(F)(F)F)c1Cl. The molecule has 0 fully saturated rings. The minimum Gasteiger partial charge on any atom is -0.383 e. The van der Waals surface area contributed by atoms with Crippen LogP contribution in [0.5, 0.6) is 0 Å². The Hall–Kier alpha value is -0.780. The Morgan fingerprint density at radius 1 is 1.44 bits per heavy atom. The highest BCUT2D eigenvalue weighted by Gasteiger charge is 2.34. The second-order valence-corrected chi connectivity index (χ2v) is 3.65. The maximum absolute atomic E-state index is 12.5. The molecule has 6 heteroatoms. The lowest BCUT2D eigenvalue weighted by molar-refractivity contribution is -0.137. The van der Waals surface area contributed by atoms with Gasteiger partial charge in [-0.2, -0.15) is 13.2 Å². The van der Waals surface area contributed by atoms with E-state index in [0.717, 1.165) is 6.07 Å². The Labute approximate surface area is 96.1 Å². The molecular formula is C10H11ClF3NO. The van der Waals surface area contributed by atoms with Crippen LogP contribution in [-0.2, 0) is 10.9 Å². The van der Waals surface area contributed by atoms with E-state index in [1.807, 2.05) is 0 Å². The first-order valence-corrected chi connectivity index (χ1v) is 4.86. The number of hydrogen-bond donors (Lipinski definition) is 1. The van der Waals surface area contributed by atoms with Crippen LogP contribution in [0.15, 0.2) is 18.2 Å². The highest BCUT2D eigenvalue weighted by molar-refractivity contribution is 6.32. The molecule has 0 spiro atoms. The fourth-order valence-corrected chi connectivity index (χ4v) is 1.70. The zero-order valence-electron chi connectivity index (χ0n) is 8.51. The van der Waals surface area contributed by atoms with Gasteiger partial charge in [-0.15, -0.1) is 0 Å². The second-order valence-electron chi connectivity index (χ2n) is 3.27. The van der Waals surface area contributed by atoms with Crippen molar-refractivity contribution in [2.45, 2.75) is 12.2 Å². The molecule has 0 radical (unpaired) electrons. The van der Waals surface area contributed by atoms with E-state index in [0.29, 0.717) is 0 Å². The zero-order valence-corrected chi connectivity index (χ0v) is 9.27. The van der Waals surface area contributed by atoms with Gasteiger partial charge >= 0.3 is 6.18 Å². The molecule has 0 aromatic heterocycles. The number of hydrogen-bond acceptors (Lipinski definition) is 2. The van der Waals surface area contributed by atoms with Gasteiger partial charge in [-0.3, -0.25) is 0 Å². The first-order chi connectivity index (χ1) is 7.38. The van der Waals surface area contributed by atoms with Gasteiger partial charge in [-0.25, -0.2) is 0 Å². The molecule has 90 valence electrons. The molecule has 1 rings (SSSR count). The molecule has 0 unspecified atom stereocenters. The second kappa shape index (κ2) is 5.03. The molecule has 0 saturated carbocycles. The van der Waals surface area contributed by atoms with Crippen LogP contribution in [0.3, 0.4) is 0 Å². The van der Waals surface area contributed by atoms with Crippen molar-refractivity contribution in [2.24, 2.45) is 5.73 Å². The largest absolute Gasteiger partial charge is 0.417 e. The van der Waals surface area contributed by atoms with Crippen molar-refractivity contribution in [1.82, 2.24) is 0 Å². The third kappa shape index (κ3) is 2.87. The number of halogens is 4. The molecule has 1 atom stereocenters. The number of methoxy groups -OCH3 is 1. The molecule has 0 aliphatic heterocycles. The summed E-state index contributed by atoms with van der Waals surface area (Å²) in [5.74, 6) is 0. The molecule has 1 aromatic rings. The molecule has 0 bridgehead atoms. The van der Waals surface area contributed by atoms with E-state index in [1.165, 1.54) is 19.2 Å². The van der Waals surface area contributed by atoms with Crippen molar-refractivity contribution in [1.29, 1.82) is 0 Å². The van der Waals surface area contributed by atoms with E-state index in [2.05, 4.69) is 0 Å². The number of benzene rings is 1. The Morgan fingerprint density at radius 2 is 2.06 bits per heavy atom. The van der Waals surface area contributed by atoms with Gasteiger partial charge in [0.1, 0.15) is 0 Å². The predicted octanol–water partition coefficient (Wildman–Crippen LogP) is 3.01. The third-order valence-electron chi connectivity index (χ3n) is 2.08. The predicted molar refractivity (Wildman–Crippen MR) is 55.3 cm³/mol. The highest BCUT2D eigenvalue weighted by Crippen LogP contribution is 2.37. The van der Waals surface area contributed by atoms with Crippen molar-refractivity contribution >= 4 is 11.6 Å². The zero-order chi connectivity index (χ0) is 12.3. The van der Waals surface area contributed by atoms with Crippen molar-refractivity contribution in [2.75, 3.05) is 13.7 Å². The van der Waals surface area contributed by atoms with Crippen LogP contribution >= 0.6 is 11.6 Å². The van der Waals surface area contributed by atoms with Gasteiger partial charge in [-0.1, -0.05) is 23.7 Å².